The Labute approximate surface area is 120 Å². The molecule has 0 aliphatic carbocycles. The highest BCUT2D eigenvalue weighted by molar-refractivity contribution is 5.64. The van der Waals surface area contributed by atoms with E-state index in [4.69, 9.17) is 15.1 Å². The second kappa shape index (κ2) is 7.61. The zero-order valence-corrected chi connectivity index (χ0v) is 12.4. The van der Waals surface area contributed by atoms with Crippen LogP contribution < -0.4 is 15.4 Å². The number of nitrogens with zero attached hydrogens (tertiary/aromatic N) is 1. The molecule has 110 valence electrons. The van der Waals surface area contributed by atoms with Gasteiger partial charge in [0.2, 0.25) is 0 Å². The Hall–Kier alpha value is -1.93. The zero-order chi connectivity index (χ0) is 15.0. The van der Waals surface area contributed by atoms with Crippen molar-refractivity contribution in [2.45, 2.75) is 20.8 Å². The van der Waals surface area contributed by atoms with Crippen LogP contribution in [-0.4, -0.2) is 31.4 Å². The maximum atomic E-state index is 8.82. The number of nitrogens with one attached hydrogen (secondary N) is 2. The molecule has 0 amide bonds. The van der Waals surface area contributed by atoms with Gasteiger partial charge in [0.15, 0.2) is 6.61 Å². The van der Waals surface area contributed by atoms with Crippen LogP contribution in [0.15, 0.2) is 18.2 Å². The third kappa shape index (κ3) is 5.81. The lowest BCUT2D eigenvalue weighted by atomic mass is 9.97. The van der Waals surface area contributed by atoms with Crippen molar-refractivity contribution < 1.29 is 9.84 Å². The number of aliphatic hydroxyl groups excluding tert-OH is 1. The Kier molecular flexibility index (Phi) is 6.13. The number of ether oxygens (including phenoxy) is 1. The van der Waals surface area contributed by atoms with Crippen molar-refractivity contribution in [2.75, 3.05) is 36.9 Å². The van der Waals surface area contributed by atoms with Crippen LogP contribution in [-0.2, 0) is 0 Å². The van der Waals surface area contributed by atoms with Gasteiger partial charge in [0.05, 0.1) is 12.3 Å². The van der Waals surface area contributed by atoms with Gasteiger partial charge in [-0.2, -0.15) is 5.26 Å². The first-order valence-corrected chi connectivity index (χ1v) is 6.68. The number of hydrogen-bond donors (Lipinski definition) is 3. The molecule has 0 radical (unpaired) electrons. The van der Waals surface area contributed by atoms with Gasteiger partial charge in [-0.1, -0.05) is 20.8 Å². The monoisotopic (exact) mass is 277 g/mol. The number of nitriles is 1. The summed E-state index contributed by atoms with van der Waals surface area (Å²) in [6.07, 6.45) is 0. The van der Waals surface area contributed by atoms with E-state index in [2.05, 4.69) is 31.4 Å². The highest BCUT2D eigenvalue weighted by Gasteiger charge is 2.12. The minimum atomic E-state index is 0.00759. The van der Waals surface area contributed by atoms with E-state index < -0.39 is 0 Å². The molecule has 0 aliphatic heterocycles. The highest BCUT2D eigenvalue weighted by atomic mass is 16.5. The molecule has 0 saturated heterocycles. The van der Waals surface area contributed by atoms with E-state index in [1.807, 2.05) is 24.3 Å². The molecule has 1 aromatic rings. The normalized spacial score (nSPS) is 10.8. The molecule has 3 N–H and O–H groups in total. The van der Waals surface area contributed by atoms with Crippen LogP contribution in [0.5, 0.6) is 5.75 Å². The lowest BCUT2D eigenvalue weighted by molar-refractivity contribution is 0.311. The SMILES string of the molecule is CC(C)(C)CNc1ccc(NCCO)cc1OCC#N. The molecular weight excluding hydrogens is 254 g/mol. The molecule has 5 heteroatoms. The van der Waals surface area contributed by atoms with E-state index in [1.165, 1.54) is 0 Å². The van der Waals surface area contributed by atoms with Gasteiger partial charge in [0.1, 0.15) is 11.8 Å². The molecule has 0 bridgehead atoms. The minimum absolute atomic E-state index is 0.00759. The van der Waals surface area contributed by atoms with Crippen molar-refractivity contribution in [1.82, 2.24) is 0 Å². The topological polar surface area (TPSA) is 77.3 Å². The van der Waals surface area contributed by atoms with Gasteiger partial charge in [0, 0.05) is 24.8 Å². The molecule has 0 unspecified atom stereocenters. The Balaban J connectivity index is 2.83. The molecule has 0 saturated carbocycles. The fourth-order valence-corrected chi connectivity index (χ4v) is 1.57. The van der Waals surface area contributed by atoms with Crippen molar-refractivity contribution >= 4 is 11.4 Å². The Bertz CT molecular complexity index is 461. The number of aliphatic hydroxyl groups is 1. The lowest BCUT2D eigenvalue weighted by Crippen LogP contribution is -2.19. The first-order valence-electron chi connectivity index (χ1n) is 6.68. The summed E-state index contributed by atoms with van der Waals surface area (Å²) >= 11 is 0. The van der Waals surface area contributed by atoms with Crippen molar-refractivity contribution in [3.63, 3.8) is 0 Å². The largest absolute Gasteiger partial charge is 0.477 e. The van der Waals surface area contributed by atoms with E-state index in [9.17, 15) is 0 Å². The summed E-state index contributed by atoms with van der Waals surface area (Å²) in [5.41, 5.74) is 1.87. The standard InChI is InChI=1S/C15H23N3O2/c1-15(2,3)11-18-13-5-4-12(17-7-8-19)10-14(13)20-9-6-16/h4-5,10,17-19H,7-9,11H2,1-3H3. The van der Waals surface area contributed by atoms with Crippen molar-refractivity contribution in [3.05, 3.63) is 18.2 Å². The molecule has 0 aliphatic rings. The van der Waals surface area contributed by atoms with Crippen molar-refractivity contribution in [1.29, 1.82) is 5.26 Å². The minimum Gasteiger partial charge on any atom is -0.477 e. The summed E-state index contributed by atoms with van der Waals surface area (Å²) in [6, 6.07) is 7.63. The van der Waals surface area contributed by atoms with Gasteiger partial charge in [-0.15, -0.1) is 0 Å². The summed E-state index contributed by atoms with van der Waals surface area (Å²) in [4.78, 5) is 0. The van der Waals surface area contributed by atoms with Gasteiger partial charge in [-0.3, -0.25) is 0 Å². The zero-order valence-electron chi connectivity index (χ0n) is 12.4. The molecule has 0 heterocycles. The van der Waals surface area contributed by atoms with Crippen LogP contribution in [0.3, 0.4) is 0 Å². The maximum absolute atomic E-state index is 8.82. The van der Waals surface area contributed by atoms with E-state index in [1.54, 1.807) is 0 Å². The second-order valence-electron chi connectivity index (χ2n) is 5.72. The number of hydrogen-bond acceptors (Lipinski definition) is 5. The summed E-state index contributed by atoms with van der Waals surface area (Å²) in [6.45, 7) is 7.80. The Morgan fingerprint density at radius 1 is 1.30 bits per heavy atom. The second-order valence-corrected chi connectivity index (χ2v) is 5.72. The van der Waals surface area contributed by atoms with Crippen LogP contribution in [0.25, 0.3) is 0 Å². The fourth-order valence-electron chi connectivity index (χ4n) is 1.57. The fraction of sp³-hybridized carbons (Fsp3) is 0.533. The molecule has 1 rings (SSSR count). The predicted octanol–water partition coefficient (Wildman–Crippen LogP) is 2.45. The summed E-state index contributed by atoms with van der Waals surface area (Å²) < 4.78 is 5.45. The highest BCUT2D eigenvalue weighted by Crippen LogP contribution is 2.29. The molecule has 1 aromatic carbocycles. The lowest BCUT2D eigenvalue weighted by Gasteiger charge is -2.21. The molecule has 5 nitrogen and oxygen atoms in total. The van der Waals surface area contributed by atoms with E-state index in [0.29, 0.717) is 12.3 Å². The third-order valence-electron chi connectivity index (χ3n) is 2.52. The van der Waals surface area contributed by atoms with E-state index in [0.717, 1.165) is 17.9 Å². The smallest absolute Gasteiger partial charge is 0.174 e. The first-order chi connectivity index (χ1) is 9.46. The van der Waals surface area contributed by atoms with Gasteiger partial charge < -0.3 is 20.5 Å². The van der Waals surface area contributed by atoms with Gasteiger partial charge >= 0.3 is 0 Å². The quantitative estimate of drug-likeness (QED) is 0.713. The first kappa shape index (κ1) is 16.1. The molecule has 20 heavy (non-hydrogen) atoms. The van der Waals surface area contributed by atoms with Crippen LogP contribution in [0.1, 0.15) is 20.8 Å². The van der Waals surface area contributed by atoms with Crippen LogP contribution >= 0.6 is 0 Å². The number of benzene rings is 1. The van der Waals surface area contributed by atoms with E-state index in [-0.39, 0.29) is 18.6 Å². The van der Waals surface area contributed by atoms with Crippen LogP contribution in [0, 0.1) is 16.7 Å². The molecular formula is C15H23N3O2. The van der Waals surface area contributed by atoms with Crippen molar-refractivity contribution in [2.24, 2.45) is 5.41 Å². The molecule has 0 spiro atoms. The van der Waals surface area contributed by atoms with Crippen LogP contribution in [0.2, 0.25) is 0 Å². The summed E-state index contributed by atoms with van der Waals surface area (Å²) in [7, 11) is 0. The summed E-state index contributed by atoms with van der Waals surface area (Å²) in [5.74, 6) is 0.638. The van der Waals surface area contributed by atoms with Gasteiger partial charge in [0.25, 0.3) is 0 Å². The van der Waals surface area contributed by atoms with Gasteiger partial charge in [-0.05, 0) is 17.5 Å². The average molecular weight is 277 g/mol. The Morgan fingerprint density at radius 3 is 2.65 bits per heavy atom. The molecule has 0 aromatic heterocycles. The molecule has 0 fully saturated rings. The summed E-state index contributed by atoms with van der Waals surface area (Å²) in [5, 5.41) is 23.9. The number of anilines is 2. The average Bonchev–Trinajstić information content (AvgIpc) is 2.40. The van der Waals surface area contributed by atoms with E-state index >= 15 is 0 Å². The van der Waals surface area contributed by atoms with Crippen LogP contribution in [0.4, 0.5) is 11.4 Å². The third-order valence-corrected chi connectivity index (χ3v) is 2.52. The number of rotatable bonds is 7. The van der Waals surface area contributed by atoms with Crippen molar-refractivity contribution in [3.8, 4) is 11.8 Å². The maximum Gasteiger partial charge on any atom is 0.174 e. The Morgan fingerprint density at radius 2 is 2.05 bits per heavy atom. The van der Waals surface area contributed by atoms with Gasteiger partial charge in [-0.25, -0.2) is 0 Å². The molecule has 0 atom stereocenters. The predicted molar refractivity (Wildman–Crippen MR) is 81.1 cm³/mol.